The molecular weight excluding hydrogens is 272 g/mol. The van der Waals surface area contributed by atoms with E-state index in [0.29, 0.717) is 11.4 Å². The molecule has 21 heavy (non-hydrogen) atoms. The largest absolute Gasteiger partial charge is 0.481 e. The Morgan fingerprint density at radius 3 is 2.76 bits per heavy atom. The number of hydrogen-bond donors (Lipinski definition) is 4. The zero-order valence-corrected chi connectivity index (χ0v) is 11.5. The van der Waals surface area contributed by atoms with Crippen molar-refractivity contribution in [3.63, 3.8) is 0 Å². The molecular formula is C14H16N4O3. The Balaban J connectivity index is 2.69. The number of anilines is 2. The van der Waals surface area contributed by atoms with Crippen molar-refractivity contribution in [2.75, 3.05) is 17.6 Å². The van der Waals surface area contributed by atoms with Gasteiger partial charge in [0.2, 0.25) is 0 Å². The number of nitrogens with one attached hydrogen (secondary N) is 2. The van der Waals surface area contributed by atoms with E-state index in [1.54, 1.807) is 18.2 Å². The maximum absolute atomic E-state index is 11.6. The second-order valence-corrected chi connectivity index (χ2v) is 4.30. The van der Waals surface area contributed by atoms with E-state index in [1.165, 1.54) is 6.20 Å². The Morgan fingerprint density at radius 1 is 1.48 bits per heavy atom. The minimum absolute atomic E-state index is 0.0418. The molecule has 0 aliphatic carbocycles. The Hall–Kier alpha value is -3.01. The van der Waals surface area contributed by atoms with Gasteiger partial charge < -0.3 is 21.5 Å². The quantitative estimate of drug-likeness (QED) is 0.351. The first-order valence-electron chi connectivity index (χ1n) is 6.17. The number of carboxylic acid groups (broad SMARTS) is 1. The summed E-state index contributed by atoms with van der Waals surface area (Å²) < 4.78 is 0. The summed E-state index contributed by atoms with van der Waals surface area (Å²) in [5.41, 5.74) is 7.70. The van der Waals surface area contributed by atoms with Crippen LogP contribution in [0.2, 0.25) is 0 Å². The van der Waals surface area contributed by atoms with Crippen LogP contribution in [0.1, 0.15) is 12.0 Å². The normalized spacial score (nSPS) is 10.6. The number of amides is 1. The topological polar surface area (TPSA) is 128 Å². The minimum atomic E-state index is -1.02. The van der Waals surface area contributed by atoms with Gasteiger partial charge in [0.1, 0.15) is 11.6 Å². The van der Waals surface area contributed by atoms with E-state index in [-0.39, 0.29) is 18.5 Å². The molecule has 1 amide bonds. The lowest BCUT2D eigenvalue weighted by atomic mass is 10.2. The summed E-state index contributed by atoms with van der Waals surface area (Å²) in [6.45, 7) is 1.85. The second kappa shape index (κ2) is 7.55. The van der Waals surface area contributed by atoms with Crippen LogP contribution in [0.5, 0.6) is 0 Å². The van der Waals surface area contributed by atoms with Crippen molar-refractivity contribution in [3.8, 4) is 6.07 Å². The number of benzene rings is 1. The van der Waals surface area contributed by atoms with Crippen LogP contribution in [0.15, 0.2) is 30.0 Å². The van der Waals surface area contributed by atoms with E-state index in [9.17, 15) is 9.59 Å². The number of aryl methyl sites for hydroxylation is 1. The third kappa shape index (κ3) is 5.24. The van der Waals surface area contributed by atoms with E-state index >= 15 is 0 Å². The molecule has 0 aliphatic rings. The molecule has 1 aromatic rings. The highest BCUT2D eigenvalue weighted by Crippen LogP contribution is 2.19. The first-order valence-corrected chi connectivity index (χ1v) is 6.17. The van der Waals surface area contributed by atoms with Gasteiger partial charge in [-0.1, -0.05) is 6.07 Å². The number of nitrogen functional groups attached to an aromatic ring is 1. The lowest BCUT2D eigenvalue weighted by Crippen LogP contribution is -2.27. The van der Waals surface area contributed by atoms with Crippen LogP contribution in [-0.2, 0) is 9.59 Å². The molecule has 0 atom stereocenters. The van der Waals surface area contributed by atoms with Crippen molar-refractivity contribution < 1.29 is 14.7 Å². The average molecular weight is 288 g/mol. The van der Waals surface area contributed by atoms with Crippen molar-refractivity contribution in [1.82, 2.24) is 5.32 Å². The zero-order valence-electron chi connectivity index (χ0n) is 11.5. The Morgan fingerprint density at radius 2 is 2.19 bits per heavy atom. The van der Waals surface area contributed by atoms with E-state index in [2.05, 4.69) is 10.6 Å². The maximum atomic E-state index is 11.6. The van der Waals surface area contributed by atoms with E-state index in [1.807, 2.05) is 13.0 Å². The molecule has 0 fully saturated rings. The number of carbonyl (C=O) groups is 2. The van der Waals surface area contributed by atoms with Crippen LogP contribution in [-0.4, -0.2) is 23.5 Å². The molecule has 7 heteroatoms. The van der Waals surface area contributed by atoms with Crippen LogP contribution in [0.3, 0.4) is 0 Å². The summed E-state index contributed by atoms with van der Waals surface area (Å²) in [7, 11) is 0. The Bertz CT molecular complexity index is 617. The van der Waals surface area contributed by atoms with Crippen molar-refractivity contribution in [2.24, 2.45) is 0 Å². The number of aliphatic carboxylic acids is 1. The number of rotatable bonds is 6. The first kappa shape index (κ1) is 16.0. The molecule has 5 N–H and O–H groups in total. The highest BCUT2D eigenvalue weighted by molar-refractivity contribution is 5.97. The van der Waals surface area contributed by atoms with Gasteiger partial charge >= 0.3 is 5.97 Å². The molecule has 0 saturated carbocycles. The van der Waals surface area contributed by atoms with Crippen molar-refractivity contribution in [3.05, 3.63) is 35.5 Å². The second-order valence-electron chi connectivity index (χ2n) is 4.30. The lowest BCUT2D eigenvalue weighted by Gasteiger charge is -2.07. The van der Waals surface area contributed by atoms with Gasteiger partial charge in [-0.3, -0.25) is 9.59 Å². The van der Waals surface area contributed by atoms with Gasteiger partial charge in [0.15, 0.2) is 0 Å². The molecule has 110 valence electrons. The van der Waals surface area contributed by atoms with Crippen molar-refractivity contribution in [2.45, 2.75) is 13.3 Å². The molecule has 7 nitrogen and oxygen atoms in total. The molecule has 0 unspecified atom stereocenters. The zero-order chi connectivity index (χ0) is 15.8. The number of nitriles is 1. The summed E-state index contributed by atoms with van der Waals surface area (Å²) in [5, 5.41) is 22.5. The minimum Gasteiger partial charge on any atom is -0.481 e. The molecule has 0 saturated heterocycles. The van der Waals surface area contributed by atoms with E-state index in [4.69, 9.17) is 16.1 Å². The molecule has 0 heterocycles. The van der Waals surface area contributed by atoms with E-state index in [0.717, 1.165) is 5.56 Å². The molecule has 0 spiro atoms. The fraction of sp³-hybridized carbons (Fsp3) is 0.214. The fourth-order valence-electron chi connectivity index (χ4n) is 1.49. The number of carboxylic acids is 1. The third-order valence-corrected chi connectivity index (χ3v) is 2.57. The summed E-state index contributed by atoms with van der Waals surface area (Å²) in [5.74, 6) is -1.67. The smallest absolute Gasteiger partial charge is 0.305 e. The number of hydrogen-bond acceptors (Lipinski definition) is 5. The summed E-state index contributed by atoms with van der Waals surface area (Å²) in [4.78, 5) is 22.0. The SMILES string of the molecule is Cc1ccc(N/C=C(/C#N)C(=O)NCCC(=O)O)c(N)c1. The van der Waals surface area contributed by atoms with Gasteiger partial charge in [0, 0.05) is 12.7 Å². The van der Waals surface area contributed by atoms with E-state index < -0.39 is 11.9 Å². The maximum Gasteiger partial charge on any atom is 0.305 e. The third-order valence-electron chi connectivity index (χ3n) is 2.57. The predicted octanol–water partition coefficient (Wildman–Crippen LogP) is 0.987. The van der Waals surface area contributed by atoms with Gasteiger partial charge in [-0.2, -0.15) is 5.26 Å². The molecule has 1 aromatic carbocycles. The number of nitrogens with zero attached hydrogens (tertiary/aromatic N) is 1. The lowest BCUT2D eigenvalue weighted by molar-refractivity contribution is -0.136. The van der Waals surface area contributed by atoms with Gasteiger partial charge in [-0.25, -0.2) is 0 Å². The molecule has 0 aliphatic heterocycles. The van der Waals surface area contributed by atoms with Crippen LogP contribution in [0.25, 0.3) is 0 Å². The summed E-state index contributed by atoms with van der Waals surface area (Å²) in [6.07, 6.45) is 1.03. The Labute approximate surface area is 122 Å². The Kier molecular flexibility index (Phi) is 5.77. The van der Waals surface area contributed by atoms with Crippen LogP contribution >= 0.6 is 0 Å². The fourth-order valence-corrected chi connectivity index (χ4v) is 1.49. The highest BCUT2D eigenvalue weighted by atomic mass is 16.4. The predicted molar refractivity (Wildman–Crippen MR) is 78.2 cm³/mol. The van der Waals surface area contributed by atoms with Gasteiger partial charge in [0.05, 0.1) is 17.8 Å². The molecule has 0 bridgehead atoms. The number of nitrogens with two attached hydrogens (primary N) is 1. The monoisotopic (exact) mass is 288 g/mol. The van der Waals surface area contributed by atoms with Gasteiger partial charge in [-0.05, 0) is 24.6 Å². The molecule has 0 aromatic heterocycles. The molecule has 1 rings (SSSR count). The van der Waals surface area contributed by atoms with Crippen LogP contribution in [0.4, 0.5) is 11.4 Å². The first-order chi connectivity index (χ1) is 9.93. The average Bonchev–Trinajstić information content (AvgIpc) is 2.41. The standard InChI is InChI=1S/C14H16N4O3/c1-9-2-3-12(11(16)6-9)18-8-10(7-15)14(21)17-5-4-13(19)20/h2-3,6,8,18H,4-5,16H2,1H3,(H,17,21)(H,19,20)/b10-8-. The van der Waals surface area contributed by atoms with Crippen LogP contribution < -0.4 is 16.4 Å². The van der Waals surface area contributed by atoms with Crippen LogP contribution in [0, 0.1) is 18.3 Å². The molecule has 0 radical (unpaired) electrons. The van der Waals surface area contributed by atoms with Gasteiger partial charge in [0.25, 0.3) is 5.91 Å². The number of carbonyl (C=O) groups excluding carboxylic acids is 1. The van der Waals surface area contributed by atoms with Gasteiger partial charge in [-0.15, -0.1) is 0 Å². The highest BCUT2D eigenvalue weighted by Gasteiger charge is 2.09. The summed E-state index contributed by atoms with van der Waals surface area (Å²) in [6, 6.07) is 7.07. The summed E-state index contributed by atoms with van der Waals surface area (Å²) >= 11 is 0. The van der Waals surface area contributed by atoms with Crippen molar-refractivity contribution in [1.29, 1.82) is 5.26 Å². The van der Waals surface area contributed by atoms with Crippen molar-refractivity contribution >= 4 is 23.3 Å².